The van der Waals surface area contributed by atoms with Gasteiger partial charge in [0, 0.05) is 10.9 Å². The van der Waals surface area contributed by atoms with Crippen molar-refractivity contribution in [3.8, 4) is 11.3 Å². The number of hydroxylamine groups is 1. The normalized spacial score (nSPS) is 10.3. The number of aromatic nitrogens is 1. The summed E-state index contributed by atoms with van der Waals surface area (Å²) in [6, 6.07) is 19.0. The third-order valence-corrected chi connectivity index (χ3v) is 3.80. The number of nitrogens with one attached hydrogen (secondary N) is 2. The number of benzene rings is 2. The molecule has 0 spiro atoms. The van der Waals surface area contributed by atoms with E-state index in [9.17, 15) is 4.79 Å². The molecule has 0 radical (unpaired) electrons. The number of hydrogen-bond donors (Lipinski definition) is 2. The molecule has 0 unspecified atom stereocenters. The van der Waals surface area contributed by atoms with Crippen molar-refractivity contribution in [3.05, 3.63) is 71.6 Å². The summed E-state index contributed by atoms with van der Waals surface area (Å²) >= 11 is 1.36. The molecule has 6 heteroatoms. The van der Waals surface area contributed by atoms with Crippen molar-refractivity contribution in [2.24, 2.45) is 0 Å². The molecule has 1 aromatic heterocycles. The third-order valence-electron chi connectivity index (χ3n) is 3.04. The largest absolute Gasteiger partial charge is 0.344 e. The van der Waals surface area contributed by atoms with E-state index < -0.39 is 6.03 Å². The van der Waals surface area contributed by atoms with Gasteiger partial charge in [0.2, 0.25) is 0 Å². The fourth-order valence-electron chi connectivity index (χ4n) is 1.95. The molecule has 116 valence electrons. The number of nitrogens with zero attached hydrogens (tertiary/aromatic N) is 1. The van der Waals surface area contributed by atoms with E-state index >= 15 is 0 Å². The summed E-state index contributed by atoms with van der Waals surface area (Å²) in [4.78, 5) is 21.3. The first-order valence-corrected chi connectivity index (χ1v) is 7.93. The van der Waals surface area contributed by atoms with Crippen molar-refractivity contribution in [1.29, 1.82) is 0 Å². The van der Waals surface area contributed by atoms with E-state index in [0.29, 0.717) is 11.7 Å². The third kappa shape index (κ3) is 4.38. The average molecular weight is 325 g/mol. The summed E-state index contributed by atoms with van der Waals surface area (Å²) in [5.74, 6) is 0. The molecule has 3 aromatic rings. The van der Waals surface area contributed by atoms with E-state index in [0.717, 1.165) is 16.8 Å². The maximum absolute atomic E-state index is 11.8. The maximum Gasteiger partial charge on any atom is 0.344 e. The summed E-state index contributed by atoms with van der Waals surface area (Å²) in [6.07, 6.45) is 0. The van der Waals surface area contributed by atoms with Crippen LogP contribution in [0.25, 0.3) is 11.3 Å². The van der Waals surface area contributed by atoms with Crippen LogP contribution in [0.1, 0.15) is 5.56 Å². The van der Waals surface area contributed by atoms with E-state index in [4.69, 9.17) is 4.84 Å². The van der Waals surface area contributed by atoms with Crippen LogP contribution in [0.15, 0.2) is 66.0 Å². The van der Waals surface area contributed by atoms with Gasteiger partial charge in [-0.25, -0.2) is 15.3 Å². The molecule has 0 fully saturated rings. The molecule has 0 aliphatic carbocycles. The SMILES string of the molecule is O=C(NOCc1ccccc1)Nc1nc(-c2ccccc2)cs1. The number of urea groups is 1. The predicted octanol–water partition coefficient (Wildman–Crippen LogP) is 4.06. The van der Waals surface area contributed by atoms with Crippen LogP contribution in [0.3, 0.4) is 0 Å². The molecule has 0 atom stereocenters. The Hall–Kier alpha value is -2.70. The van der Waals surface area contributed by atoms with Crippen LogP contribution < -0.4 is 10.8 Å². The van der Waals surface area contributed by atoms with Crippen LogP contribution in [-0.4, -0.2) is 11.0 Å². The molecule has 2 amide bonds. The summed E-state index contributed by atoms with van der Waals surface area (Å²) in [6.45, 7) is 0.307. The minimum Gasteiger partial charge on any atom is -0.282 e. The lowest BCUT2D eigenvalue weighted by Crippen LogP contribution is -2.28. The highest BCUT2D eigenvalue weighted by atomic mass is 32.1. The molecule has 2 aromatic carbocycles. The van der Waals surface area contributed by atoms with Crippen molar-refractivity contribution in [3.63, 3.8) is 0 Å². The molecular formula is C17H15N3O2S. The first-order valence-electron chi connectivity index (χ1n) is 7.05. The Morgan fingerprint density at radius 1 is 1.04 bits per heavy atom. The second-order valence-electron chi connectivity index (χ2n) is 4.73. The average Bonchev–Trinajstić information content (AvgIpc) is 3.05. The summed E-state index contributed by atoms with van der Waals surface area (Å²) in [7, 11) is 0. The monoisotopic (exact) mass is 325 g/mol. The van der Waals surface area contributed by atoms with Gasteiger partial charge in [0.05, 0.1) is 12.3 Å². The van der Waals surface area contributed by atoms with Crippen LogP contribution in [0, 0.1) is 0 Å². The smallest absolute Gasteiger partial charge is 0.282 e. The highest BCUT2D eigenvalue weighted by molar-refractivity contribution is 7.14. The Morgan fingerprint density at radius 2 is 1.74 bits per heavy atom. The van der Waals surface area contributed by atoms with Gasteiger partial charge in [-0.3, -0.25) is 10.2 Å². The highest BCUT2D eigenvalue weighted by Gasteiger charge is 2.07. The molecule has 0 aliphatic heterocycles. The van der Waals surface area contributed by atoms with E-state index in [-0.39, 0.29) is 0 Å². The summed E-state index contributed by atoms with van der Waals surface area (Å²) in [5.41, 5.74) is 5.17. The molecule has 0 saturated heterocycles. The van der Waals surface area contributed by atoms with Crippen LogP contribution in [0.4, 0.5) is 9.93 Å². The lowest BCUT2D eigenvalue weighted by molar-refractivity contribution is 0.0536. The Balaban J connectivity index is 1.49. The molecule has 2 N–H and O–H groups in total. The van der Waals surface area contributed by atoms with Gasteiger partial charge in [-0.15, -0.1) is 11.3 Å². The molecule has 23 heavy (non-hydrogen) atoms. The number of carbonyl (C=O) groups excluding carboxylic acids is 1. The van der Waals surface area contributed by atoms with Crippen LogP contribution in [0.2, 0.25) is 0 Å². The van der Waals surface area contributed by atoms with Crippen LogP contribution in [0.5, 0.6) is 0 Å². The molecule has 5 nitrogen and oxygen atoms in total. The minimum atomic E-state index is -0.449. The first kappa shape index (κ1) is 15.2. The van der Waals surface area contributed by atoms with Crippen molar-refractivity contribution in [2.45, 2.75) is 6.61 Å². The zero-order valence-corrected chi connectivity index (χ0v) is 13.0. The second kappa shape index (κ2) is 7.53. The van der Waals surface area contributed by atoms with Gasteiger partial charge in [-0.1, -0.05) is 60.7 Å². The number of carbonyl (C=O) groups is 1. The Bertz CT molecular complexity index is 760. The lowest BCUT2D eigenvalue weighted by atomic mass is 10.2. The van der Waals surface area contributed by atoms with Gasteiger partial charge in [0.15, 0.2) is 5.13 Å². The maximum atomic E-state index is 11.8. The zero-order valence-electron chi connectivity index (χ0n) is 12.2. The Morgan fingerprint density at radius 3 is 2.48 bits per heavy atom. The molecule has 0 aliphatic rings. The highest BCUT2D eigenvalue weighted by Crippen LogP contribution is 2.24. The van der Waals surface area contributed by atoms with Crippen molar-refractivity contribution in [1.82, 2.24) is 10.5 Å². The second-order valence-corrected chi connectivity index (χ2v) is 5.59. The van der Waals surface area contributed by atoms with E-state index in [2.05, 4.69) is 15.8 Å². The molecule has 1 heterocycles. The van der Waals surface area contributed by atoms with E-state index in [1.807, 2.05) is 66.0 Å². The number of anilines is 1. The first-order chi connectivity index (χ1) is 11.3. The quantitative estimate of drug-likeness (QED) is 0.695. The fraction of sp³-hybridized carbons (Fsp3) is 0.0588. The predicted molar refractivity (Wildman–Crippen MR) is 90.9 cm³/mol. The minimum absolute atomic E-state index is 0.307. The van der Waals surface area contributed by atoms with Crippen LogP contribution >= 0.6 is 11.3 Å². The van der Waals surface area contributed by atoms with Gasteiger partial charge in [0.25, 0.3) is 0 Å². The molecule has 3 rings (SSSR count). The zero-order chi connectivity index (χ0) is 15.9. The van der Waals surface area contributed by atoms with Gasteiger partial charge >= 0.3 is 6.03 Å². The molecule has 0 bridgehead atoms. The number of hydrogen-bond acceptors (Lipinski definition) is 4. The lowest BCUT2D eigenvalue weighted by Gasteiger charge is -2.05. The number of thiazole rings is 1. The Labute approximate surface area is 137 Å². The number of amides is 2. The van der Waals surface area contributed by atoms with Crippen molar-refractivity contribution in [2.75, 3.05) is 5.32 Å². The van der Waals surface area contributed by atoms with Crippen LogP contribution in [-0.2, 0) is 11.4 Å². The van der Waals surface area contributed by atoms with Gasteiger partial charge in [-0.2, -0.15) is 0 Å². The topological polar surface area (TPSA) is 63.2 Å². The standard InChI is InChI=1S/C17H15N3O2S/c21-16(20-22-11-13-7-3-1-4-8-13)19-17-18-15(12-23-17)14-9-5-2-6-10-14/h1-10,12H,11H2,(H2,18,19,20,21). The van der Waals surface area contributed by atoms with Crippen molar-refractivity contribution < 1.29 is 9.63 Å². The van der Waals surface area contributed by atoms with E-state index in [1.54, 1.807) is 0 Å². The summed E-state index contributed by atoms with van der Waals surface area (Å²) < 4.78 is 0. The Kier molecular flexibility index (Phi) is 4.98. The van der Waals surface area contributed by atoms with Crippen molar-refractivity contribution >= 4 is 22.5 Å². The van der Waals surface area contributed by atoms with Gasteiger partial charge in [-0.05, 0) is 5.56 Å². The summed E-state index contributed by atoms with van der Waals surface area (Å²) in [5, 5.41) is 5.07. The van der Waals surface area contributed by atoms with Gasteiger partial charge in [0.1, 0.15) is 0 Å². The molecule has 0 saturated carbocycles. The van der Waals surface area contributed by atoms with E-state index in [1.165, 1.54) is 11.3 Å². The van der Waals surface area contributed by atoms with Gasteiger partial charge < -0.3 is 0 Å². The number of rotatable bonds is 5. The molecular weight excluding hydrogens is 310 g/mol. The fourth-order valence-corrected chi connectivity index (χ4v) is 2.67.